The fourth-order valence-corrected chi connectivity index (χ4v) is 2.90. The van der Waals surface area contributed by atoms with E-state index in [0.717, 1.165) is 11.3 Å². The Morgan fingerprint density at radius 3 is 2.41 bits per heavy atom. The van der Waals surface area contributed by atoms with E-state index in [1.165, 1.54) is 22.6 Å². The largest absolute Gasteiger partial charge is 0.350 e. The topological polar surface area (TPSA) is 29.1 Å². The van der Waals surface area contributed by atoms with Crippen LogP contribution in [0.3, 0.4) is 0 Å². The third-order valence-electron chi connectivity index (χ3n) is 3.37. The Hall–Kier alpha value is -1.81. The second kappa shape index (κ2) is 7.99. The molecular weight excluding hydrogens is 297 g/mol. The molecule has 0 spiro atoms. The van der Waals surface area contributed by atoms with Gasteiger partial charge in [0.05, 0.1) is 6.04 Å². The lowest BCUT2D eigenvalue weighted by Gasteiger charge is -2.14. The summed E-state index contributed by atoms with van der Waals surface area (Å²) < 4.78 is 12.9. The first-order chi connectivity index (χ1) is 10.5. The average Bonchev–Trinajstić information content (AvgIpc) is 2.50. The van der Waals surface area contributed by atoms with Crippen molar-refractivity contribution in [2.24, 2.45) is 0 Å². The molecule has 2 nitrogen and oxygen atoms in total. The fourth-order valence-electron chi connectivity index (χ4n) is 2.04. The second-order valence-corrected chi connectivity index (χ2v) is 6.42. The maximum atomic E-state index is 12.9. The van der Waals surface area contributed by atoms with Crippen molar-refractivity contribution in [3.8, 4) is 0 Å². The zero-order valence-corrected chi connectivity index (χ0v) is 13.6. The zero-order chi connectivity index (χ0) is 15.9. The lowest BCUT2D eigenvalue weighted by Crippen LogP contribution is -2.26. The van der Waals surface area contributed by atoms with E-state index in [1.807, 2.05) is 6.92 Å². The Bertz CT molecular complexity index is 610. The van der Waals surface area contributed by atoms with Gasteiger partial charge in [-0.25, -0.2) is 4.39 Å². The average molecular weight is 317 g/mol. The van der Waals surface area contributed by atoms with E-state index in [2.05, 4.69) is 36.5 Å². The number of aryl methyl sites for hydroxylation is 1. The normalized spacial score (nSPS) is 12.0. The van der Waals surface area contributed by atoms with E-state index >= 15 is 0 Å². The van der Waals surface area contributed by atoms with Gasteiger partial charge in [0.15, 0.2) is 0 Å². The molecule has 0 radical (unpaired) electrons. The smallest absolute Gasteiger partial charge is 0.221 e. The molecule has 4 heteroatoms. The zero-order valence-electron chi connectivity index (χ0n) is 12.8. The van der Waals surface area contributed by atoms with Gasteiger partial charge in [-0.15, -0.1) is 11.8 Å². The number of hydrogen-bond acceptors (Lipinski definition) is 2. The highest BCUT2D eigenvalue weighted by Crippen LogP contribution is 2.19. The van der Waals surface area contributed by atoms with Crippen molar-refractivity contribution < 1.29 is 9.18 Å². The quantitative estimate of drug-likeness (QED) is 0.795. The van der Waals surface area contributed by atoms with Crippen LogP contribution < -0.4 is 5.32 Å². The highest BCUT2D eigenvalue weighted by Gasteiger charge is 2.09. The van der Waals surface area contributed by atoms with Crippen LogP contribution in [0.1, 0.15) is 30.5 Å². The van der Waals surface area contributed by atoms with Gasteiger partial charge >= 0.3 is 0 Å². The van der Waals surface area contributed by atoms with E-state index < -0.39 is 0 Å². The predicted molar refractivity (Wildman–Crippen MR) is 89.5 cm³/mol. The first-order valence-corrected chi connectivity index (χ1v) is 8.27. The van der Waals surface area contributed by atoms with Crippen molar-refractivity contribution in [1.82, 2.24) is 5.32 Å². The molecular formula is C18H20FNOS. The van der Waals surface area contributed by atoms with Gasteiger partial charge in [0.1, 0.15) is 5.82 Å². The van der Waals surface area contributed by atoms with Gasteiger partial charge in [0.2, 0.25) is 5.91 Å². The summed E-state index contributed by atoms with van der Waals surface area (Å²) >= 11 is 1.67. The molecule has 2 aromatic carbocycles. The molecule has 0 saturated carbocycles. The van der Waals surface area contributed by atoms with E-state index in [9.17, 15) is 9.18 Å². The fraction of sp³-hybridized carbons (Fsp3) is 0.278. The van der Waals surface area contributed by atoms with Crippen molar-refractivity contribution in [3.05, 3.63) is 65.5 Å². The molecule has 1 amide bonds. The van der Waals surface area contributed by atoms with Gasteiger partial charge in [0.25, 0.3) is 0 Å². The number of thioether (sulfide) groups is 1. The van der Waals surface area contributed by atoms with Gasteiger partial charge in [0, 0.05) is 17.1 Å². The molecule has 116 valence electrons. The molecule has 0 saturated heterocycles. The molecule has 0 bridgehead atoms. The van der Waals surface area contributed by atoms with Crippen molar-refractivity contribution >= 4 is 17.7 Å². The highest BCUT2D eigenvalue weighted by atomic mass is 32.2. The lowest BCUT2D eigenvalue weighted by atomic mass is 10.1. The summed E-state index contributed by atoms with van der Waals surface area (Å²) in [5.74, 6) is 0.485. The van der Waals surface area contributed by atoms with E-state index in [-0.39, 0.29) is 17.8 Å². The van der Waals surface area contributed by atoms with Crippen molar-refractivity contribution in [3.63, 3.8) is 0 Å². The van der Waals surface area contributed by atoms with E-state index in [0.29, 0.717) is 6.42 Å². The monoisotopic (exact) mass is 317 g/mol. The van der Waals surface area contributed by atoms with Crippen LogP contribution >= 0.6 is 11.8 Å². The number of amides is 1. The lowest BCUT2D eigenvalue weighted by molar-refractivity contribution is -0.121. The van der Waals surface area contributed by atoms with Crippen LogP contribution in [-0.4, -0.2) is 11.7 Å². The molecule has 0 aromatic heterocycles. The first-order valence-electron chi connectivity index (χ1n) is 7.29. The van der Waals surface area contributed by atoms with E-state index in [4.69, 9.17) is 0 Å². The number of carbonyl (C=O) groups is 1. The van der Waals surface area contributed by atoms with Gasteiger partial charge in [-0.05, 0) is 43.7 Å². The minimum atomic E-state index is -0.267. The number of hydrogen-bond donors (Lipinski definition) is 1. The summed E-state index contributed by atoms with van der Waals surface area (Å²) in [6.45, 7) is 3.96. The third kappa shape index (κ3) is 5.19. The maximum Gasteiger partial charge on any atom is 0.221 e. The van der Waals surface area contributed by atoms with Crippen LogP contribution in [0.4, 0.5) is 4.39 Å². The standard InChI is InChI=1S/C18H20FNOS/c1-13-3-9-17(10-4-13)22-12-11-18(21)20-14(2)15-5-7-16(19)8-6-15/h3-10,14H,11-12H2,1-2H3,(H,20,21). The van der Waals surface area contributed by atoms with Crippen LogP contribution in [0.5, 0.6) is 0 Å². The minimum absolute atomic E-state index is 0.0106. The maximum absolute atomic E-state index is 12.9. The van der Waals surface area contributed by atoms with Gasteiger partial charge in [-0.1, -0.05) is 29.8 Å². The van der Waals surface area contributed by atoms with Gasteiger partial charge in [-0.3, -0.25) is 4.79 Å². The minimum Gasteiger partial charge on any atom is -0.350 e. The summed E-state index contributed by atoms with van der Waals surface area (Å²) in [6.07, 6.45) is 0.462. The molecule has 0 aliphatic carbocycles. The molecule has 1 atom stereocenters. The summed E-state index contributed by atoms with van der Waals surface area (Å²) in [7, 11) is 0. The first kappa shape index (κ1) is 16.6. The molecule has 1 N–H and O–H groups in total. The van der Waals surface area contributed by atoms with Crippen LogP contribution in [0, 0.1) is 12.7 Å². The van der Waals surface area contributed by atoms with Crippen molar-refractivity contribution in [2.75, 3.05) is 5.75 Å². The third-order valence-corrected chi connectivity index (χ3v) is 4.38. The number of halogens is 1. The molecule has 22 heavy (non-hydrogen) atoms. The van der Waals surface area contributed by atoms with Gasteiger partial charge < -0.3 is 5.32 Å². The molecule has 2 rings (SSSR count). The Balaban J connectivity index is 1.75. The van der Waals surface area contributed by atoms with Crippen LogP contribution in [0.25, 0.3) is 0 Å². The molecule has 0 fully saturated rings. The number of rotatable bonds is 6. The summed E-state index contributed by atoms with van der Waals surface area (Å²) in [5.41, 5.74) is 2.14. The van der Waals surface area contributed by atoms with Crippen LogP contribution in [-0.2, 0) is 4.79 Å². The Kier molecular flexibility index (Phi) is 6.01. The predicted octanol–water partition coefficient (Wildman–Crippen LogP) is 4.49. The highest BCUT2D eigenvalue weighted by molar-refractivity contribution is 7.99. The Morgan fingerprint density at radius 1 is 1.14 bits per heavy atom. The second-order valence-electron chi connectivity index (χ2n) is 5.25. The van der Waals surface area contributed by atoms with Crippen LogP contribution in [0.2, 0.25) is 0 Å². The molecule has 0 aliphatic rings. The van der Waals surface area contributed by atoms with Gasteiger partial charge in [-0.2, -0.15) is 0 Å². The van der Waals surface area contributed by atoms with Crippen molar-refractivity contribution in [1.29, 1.82) is 0 Å². The van der Waals surface area contributed by atoms with Crippen LogP contribution in [0.15, 0.2) is 53.4 Å². The summed E-state index contributed by atoms with van der Waals surface area (Å²) in [4.78, 5) is 13.1. The summed E-state index contributed by atoms with van der Waals surface area (Å²) in [5, 5.41) is 2.94. The summed E-state index contributed by atoms with van der Waals surface area (Å²) in [6, 6.07) is 14.4. The molecule has 0 aliphatic heterocycles. The van der Waals surface area contributed by atoms with Crippen molar-refractivity contribution in [2.45, 2.75) is 31.2 Å². The van der Waals surface area contributed by atoms with E-state index in [1.54, 1.807) is 23.9 Å². The number of benzene rings is 2. The molecule has 0 heterocycles. The molecule has 1 unspecified atom stereocenters. The molecule has 2 aromatic rings. The number of carbonyl (C=O) groups excluding carboxylic acids is 1. The SMILES string of the molecule is Cc1ccc(SCCC(=O)NC(C)c2ccc(F)cc2)cc1. The Labute approximate surface area is 135 Å². The Morgan fingerprint density at radius 2 is 1.77 bits per heavy atom. The number of nitrogens with one attached hydrogen (secondary N) is 1.